The molecule has 10 heteroatoms. The molecule has 3 heterocycles. The number of aromatic nitrogens is 3. The van der Waals surface area contributed by atoms with Gasteiger partial charge >= 0.3 is 0 Å². The molecule has 0 radical (unpaired) electrons. The van der Waals surface area contributed by atoms with Crippen LogP contribution in [0.5, 0.6) is 0 Å². The number of amides is 1. The van der Waals surface area contributed by atoms with Crippen LogP contribution in [0.4, 0.5) is 5.69 Å². The van der Waals surface area contributed by atoms with Crippen molar-refractivity contribution in [3.8, 4) is 5.00 Å². The highest BCUT2D eigenvalue weighted by Gasteiger charge is 2.33. The van der Waals surface area contributed by atoms with E-state index >= 15 is 0 Å². The zero-order valence-corrected chi connectivity index (χ0v) is 24.5. The molecule has 0 saturated heterocycles. The molecule has 4 aromatic rings. The van der Waals surface area contributed by atoms with Crippen LogP contribution in [-0.4, -0.2) is 39.2 Å². The van der Waals surface area contributed by atoms with Gasteiger partial charge in [0.15, 0.2) is 5.82 Å². The minimum atomic E-state index is -0.527. The summed E-state index contributed by atoms with van der Waals surface area (Å²) in [4.78, 5) is 24.9. The number of nitrogens with one attached hydrogen (secondary N) is 1. The molecule has 8 nitrogen and oxygen atoms in total. The fraction of sp³-hybridized carbons (Fsp3) is 0.300. The minimum absolute atomic E-state index is 0.117. The van der Waals surface area contributed by atoms with Crippen molar-refractivity contribution in [2.24, 2.45) is 16.1 Å². The van der Waals surface area contributed by atoms with Gasteiger partial charge < -0.3 is 10.2 Å². The van der Waals surface area contributed by atoms with Gasteiger partial charge in [0.05, 0.1) is 17.8 Å². The number of oxime groups is 1. The lowest BCUT2D eigenvalue weighted by Gasteiger charge is -2.13. The molecule has 2 atom stereocenters. The summed E-state index contributed by atoms with van der Waals surface area (Å²) >= 11 is 7.90. The molecule has 0 fully saturated rings. The van der Waals surface area contributed by atoms with Crippen molar-refractivity contribution in [1.82, 2.24) is 14.8 Å². The summed E-state index contributed by atoms with van der Waals surface area (Å²) in [5, 5.41) is 17.8. The third kappa shape index (κ3) is 4.53. The van der Waals surface area contributed by atoms with Crippen LogP contribution in [0.3, 0.4) is 0 Å². The third-order valence-corrected chi connectivity index (χ3v) is 9.03. The first-order valence-electron chi connectivity index (χ1n) is 13.2. The summed E-state index contributed by atoms with van der Waals surface area (Å²) in [5.74, 6) is 1.53. The lowest BCUT2D eigenvalue weighted by Crippen LogP contribution is -2.17. The molecular weight excluding hydrogens is 544 g/mol. The monoisotopic (exact) mass is 572 g/mol. The number of carbonyl (C=O) groups is 1. The van der Waals surface area contributed by atoms with Crippen LogP contribution < -0.4 is 5.32 Å². The number of carbonyl (C=O) groups excluding carboxylic acids is 1. The normalized spacial score (nSPS) is 18.6. The fourth-order valence-corrected chi connectivity index (χ4v) is 6.88. The lowest BCUT2D eigenvalue weighted by molar-refractivity contribution is -0.116. The summed E-state index contributed by atoms with van der Waals surface area (Å²) in [6, 6.07) is 13.1. The van der Waals surface area contributed by atoms with Crippen molar-refractivity contribution in [2.75, 3.05) is 12.4 Å². The molecule has 204 valence electrons. The molecule has 2 aliphatic rings. The van der Waals surface area contributed by atoms with Gasteiger partial charge in [-0.05, 0) is 62.6 Å². The Morgan fingerprint density at radius 1 is 1.18 bits per heavy atom. The maximum atomic E-state index is 13.5. The molecule has 0 saturated carbocycles. The van der Waals surface area contributed by atoms with Crippen LogP contribution >= 0.6 is 22.9 Å². The zero-order valence-electron chi connectivity index (χ0n) is 22.9. The number of thiophene rings is 1. The number of fused-ring (bicyclic) bond motifs is 4. The first-order chi connectivity index (χ1) is 19.2. The summed E-state index contributed by atoms with van der Waals surface area (Å²) in [6.07, 6.45) is 0.966. The van der Waals surface area contributed by atoms with Crippen LogP contribution in [0, 0.1) is 26.7 Å². The number of hydrogen-bond donors (Lipinski definition) is 1. The number of rotatable bonds is 5. The third-order valence-electron chi connectivity index (χ3n) is 7.58. The quantitative estimate of drug-likeness (QED) is 0.281. The van der Waals surface area contributed by atoms with E-state index in [9.17, 15) is 4.79 Å². The van der Waals surface area contributed by atoms with E-state index in [0.29, 0.717) is 10.8 Å². The Kier molecular flexibility index (Phi) is 6.80. The van der Waals surface area contributed by atoms with Crippen molar-refractivity contribution in [2.45, 2.75) is 46.6 Å². The smallest absolute Gasteiger partial charge is 0.227 e. The van der Waals surface area contributed by atoms with E-state index in [2.05, 4.69) is 46.0 Å². The number of anilines is 1. The van der Waals surface area contributed by atoms with E-state index in [4.69, 9.17) is 21.4 Å². The molecule has 1 aliphatic heterocycles. The largest absolute Gasteiger partial charge is 0.399 e. The highest BCUT2D eigenvalue weighted by Crippen LogP contribution is 2.40. The maximum Gasteiger partial charge on any atom is 0.227 e. The Hall–Kier alpha value is -3.82. The topological polar surface area (TPSA) is 93.8 Å². The van der Waals surface area contributed by atoms with Gasteiger partial charge in [0, 0.05) is 38.2 Å². The van der Waals surface area contributed by atoms with E-state index < -0.39 is 6.04 Å². The second-order valence-corrected chi connectivity index (χ2v) is 11.9. The zero-order chi connectivity index (χ0) is 28.1. The Labute approximate surface area is 241 Å². The second kappa shape index (κ2) is 10.3. The van der Waals surface area contributed by atoms with E-state index in [1.54, 1.807) is 18.4 Å². The summed E-state index contributed by atoms with van der Waals surface area (Å²) in [5.41, 5.74) is 7.85. The lowest BCUT2D eigenvalue weighted by atomic mass is 9.99. The number of hydrogen-bond acceptors (Lipinski definition) is 7. The Bertz CT molecular complexity index is 1700. The van der Waals surface area contributed by atoms with E-state index in [0.717, 1.165) is 62.2 Å². The van der Waals surface area contributed by atoms with Gasteiger partial charge in [0.25, 0.3) is 0 Å². The van der Waals surface area contributed by atoms with Crippen molar-refractivity contribution < 1.29 is 9.63 Å². The van der Waals surface area contributed by atoms with Crippen LogP contribution in [0.2, 0.25) is 5.02 Å². The summed E-state index contributed by atoms with van der Waals surface area (Å²) < 4.78 is 2.05. The highest BCUT2D eigenvalue weighted by atomic mass is 35.5. The molecule has 0 spiro atoms. The molecule has 2 aromatic carbocycles. The number of nitrogens with zero attached hydrogens (tertiary/aromatic N) is 5. The standard InChI is InChI=1S/C30H29ClN6O2S/c1-15-12-20-13-22(10-11-23(20)27(15)36-39-5)32-25(38)14-24-29-35-34-18(4)37(29)30-26(16(2)17(3)40-30)28(33-24)19-6-8-21(31)9-7-19/h6-11,13,15,24H,12,14H2,1-5H3,(H,32,38)/b36-27+/t15-,24-/m0/s1. The molecule has 40 heavy (non-hydrogen) atoms. The Morgan fingerprint density at radius 2 is 1.95 bits per heavy atom. The summed E-state index contributed by atoms with van der Waals surface area (Å²) in [6.45, 7) is 8.28. The van der Waals surface area contributed by atoms with Crippen molar-refractivity contribution in [1.29, 1.82) is 0 Å². The van der Waals surface area contributed by atoms with E-state index in [1.165, 1.54) is 4.88 Å². The molecule has 0 unspecified atom stereocenters. The molecule has 0 bridgehead atoms. The number of aryl methyl sites for hydroxylation is 2. The van der Waals surface area contributed by atoms with Gasteiger partial charge in [-0.1, -0.05) is 41.9 Å². The minimum Gasteiger partial charge on any atom is -0.399 e. The van der Waals surface area contributed by atoms with Crippen molar-refractivity contribution in [3.63, 3.8) is 0 Å². The molecular formula is C30H29ClN6O2S. The SMILES string of the molecule is CO/N=C1/c2ccc(NC(=O)C[C@@H]3N=C(c4ccc(Cl)cc4)c4c(sc(C)c4C)-n4c(C)nnc43)cc2C[C@@H]1C. The molecule has 2 aromatic heterocycles. The Balaban J connectivity index is 1.36. The molecule has 1 amide bonds. The molecule has 1 N–H and O–H groups in total. The number of halogens is 1. The van der Waals surface area contributed by atoms with Gasteiger partial charge in [0.1, 0.15) is 24.0 Å². The van der Waals surface area contributed by atoms with Gasteiger partial charge in [0.2, 0.25) is 5.91 Å². The average molecular weight is 573 g/mol. The first-order valence-corrected chi connectivity index (χ1v) is 14.3. The average Bonchev–Trinajstić information content (AvgIpc) is 3.52. The van der Waals surface area contributed by atoms with Crippen molar-refractivity contribution in [3.05, 3.63) is 91.8 Å². The molecule has 6 rings (SSSR count). The van der Waals surface area contributed by atoms with Gasteiger partial charge in [-0.3, -0.25) is 14.4 Å². The number of benzene rings is 2. The van der Waals surface area contributed by atoms with Crippen molar-refractivity contribution >= 4 is 46.0 Å². The van der Waals surface area contributed by atoms with Crippen LogP contribution in [0.1, 0.15) is 63.7 Å². The van der Waals surface area contributed by atoms with Crippen LogP contribution in [-0.2, 0) is 16.1 Å². The Morgan fingerprint density at radius 3 is 2.70 bits per heavy atom. The van der Waals surface area contributed by atoms with E-state index in [1.807, 2.05) is 49.4 Å². The van der Waals surface area contributed by atoms with Gasteiger partial charge in [-0.15, -0.1) is 21.5 Å². The molecule has 1 aliphatic carbocycles. The predicted molar refractivity (Wildman–Crippen MR) is 159 cm³/mol. The maximum absolute atomic E-state index is 13.5. The first kappa shape index (κ1) is 26.4. The second-order valence-electron chi connectivity index (χ2n) is 10.3. The fourth-order valence-electron chi connectivity index (χ4n) is 5.54. The van der Waals surface area contributed by atoms with Gasteiger partial charge in [-0.25, -0.2) is 0 Å². The summed E-state index contributed by atoms with van der Waals surface area (Å²) in [7, 11) is 1.56. The van der Waals surface area contributed by atoms with Crippen LogP contribution in [0.15, 0.2) is 52.6 Å². The highest BCUT2D eigenvalue weighted by molar-refractivity contribution is 7.15. The predicted octanol–water partition coefficient (Wildman–Crippen LogP) is 6.37. The van der Waals surface area contributed by atoms with Crippen LogP contribution in [0.25, 0.3) is 5.00 Å². The number of aliphatic imine (C=N–C) groups is 1. The van der Waals surface area contributed by atoms with E-state index in [-0.39, 0.29) is 18.2 Å². The van der Waals surface area contributed by atoms with Gasteiger partial charge in [-0.2, -0.15) is 0 Å².